The van der Waals surface area contributed by atoms with Crippen LogP contribution in [0.4, 0.5) is 36.6 Å². The van der Waals surface area contributed by atoms with Crippen LogP contribution in [-0.2, 0) is 34.2 Å². The Morgan fingerprint density at radius 1 is 1.04 bits per heavy atom. The number of amides is 1. The van der Waals surface area contributed by atoms with E-state index in [0.29, 0.717) is 10.7 Å². The van der Waals surface area contributed by atoms with Crippen molar-refractivity contribution in [1.82, 2.24) is 29.1 Å². The Balaban J connectivity index is 1.50. The maximum Gasteiger partial charge on any atom is 0.293 e. The van der Waals surface area contributed by atoms with Gasteiger partial charge in [-0.3, -0.25) is 23.6 Å². The maximum absolute atomic E-state index is 16.1. The predicted molar refractivity (Wildman–Crippen MR) is 193 cm³/mol. The number of halogens is 9. The Morgan fingerprint density at radius 3 is 2.33 bits per heavy atom. The first-order valence-electron chi connectivity index (χ1n) is 16.8. The van der Waals surface area contributed by atoms with Crippen molar-refractivity contribution in [3.8, 4) is 5.69 Å². The van der Waals surface area contributed by atoms with Crippen LogP contribution < -0.4 is 16.0 Å². The van der Waals surface area contributed by atoms with Crippen molar-refractivity contribution in [2.75, 3.05) is 11.0 Å². The number of hydrogen-bond acceptors (Lipinski definition) is 7. The Labute approximate surface area is 326 Å². The molecule has 3 heterocycles. The minimum atomic E-state index is -4.00. The number of nitrogens with two attached hydrogens (primary N) is 1. The van der Waals surface area contributed by atoms with Gasteiger partial charge in [-0.25, -0.2) is 40.0 Å². The first-order chi connectivity index (χ1) is 26.7. The summed E-state index contributed by atoms with van der Waals surface area (Å²) in [5.41, 5.74) is 1.19. The van der Waals surface area contributed by atoms with E-state index >= 15 is 13.2 Å². The molecule has 12 nitrogen and oxygen atoms in total. The quantitative estimate of drug-likeness (QED) is 0.144. The molecule has 3 aromatic heterocycles. The van der Waals surface area contributed by atoms with Gasteiger partial charge in [0.25, 0.3) is 17.9 Å². The summed E-state index contributed by atoms with van der Waals surface area (Å²) in [6.07, 6.45) is -3.43. The minimum Gasteiger partial charge on any atom is -0.368 e. The van der Waals surface area contributed by atoms with E-state index in [9.17, 15) is 35.6 Å². The van der Waals surface area contributed by atoms with Crippen LogP contribution in [0.2, 0.25) is 10.0 Å². The van der Waals surface area contributed by atoms with Crippen molar-refractivity contribution in [2.24, 2.45) is 18.7 Å². The Kier molecular flexibility index (Phi) is 8.93. The van der Waals surface area contributed by atoms with Gasteiger partial charge in [0.05, 0.1) is 44.3 Å². The SMILES string of the molecule is Cn1nc(NS(C)(=O)=O)c2c(Cl)ccc(-n3c([C@@H](Cc4cc(F)cc(F)c4)C(C(N)=O)n4nc(C(F)F)c5c4C(F)(F)[C@@H]4C[C@H]54)nc4ccc(Cl)c(F)c4c3=O)c21. The van der Waals surface area contributed by atoms with Gasteiger partial charge in [-0.1, -0.05) is 23.2 Å². The van der Waals surface area contributed by atoms with E-state index in [-0.39, 0.29) is 39.4 Å². The van der Waals surface area contributed by atoms with E-state index in [0.717, 1.165) is 39.8 Å². The van der Waals surface area contributed by atoms with Gasteiger partial charge < -0.3 is 5.73 Å². The molecule has 57 heavy (non-hydrogen) atoms. The third kappa shape index (κ3) is 6.19. The molecule has 4 atom stereocenters. The van der Waals surface area contributed by atoms with Crippen LogP contribution in [0.25, 0.3) is 27.5 Å². The zero-order chi connectivity index (χ0) is 41.2. The topological polar surface area (TPSA) is 160 Å². The Morgan fingerprint density at radius 2 is 1.70 bits per heavy atom. The number of carbonyl (C=O) groups excluding carboxylic acids is 1. The van der Waals surface area contributed by atoms with Crippen molar-refractivity contribution in [3.63, 3.8) is 0 Å². The second-order valence-corrected chi connectivity index (χ2v) is 16.5. The molecule has 1 unspecified atom stereocenters. The summed E-state index contributed by atoms with van der Waals surface area (Å²) in [4.78, 5) is 33.1. The number of fused-ring (bicyclic) bond motifs is 5. The normalized spacial score (nSPS) is 18.2. The average Bonchev–Trinajstić information content (AvgIpc) is 3.63. The fourth-order valence-electron chi connectivity index (χ4n) is 7.93. The molecule has 6 aromatic rings. The van der Waals surface area contributed by atoms with Crippen LogP contribution in [0, 0.1) is 23.4 Å². The van der Waals surface area contributed by atoms with Crippen molar-refractivity contribution in [1.29, 1.82) is 0 Å². The summed E-state index contributed by atoms with van der Waals surface area (Å²) in [6.45, 7) is 0. The van der Waals surface area contributed by atoms with Gasteiger partial charge in [0.2, 0.25) is 15.9 Å². The largest absolute Gasteiger partial charge is 0.368 e. The summed E-state index contributed by atoms with van der Waals surface area (Å²) < 4.78 is 135. The number of primary amides is 1. The third-order valence-electron chi connectivity index (χ3n) is 10.2. The second-order valence-electron chi connectivity index (χ2n) is 13.9. The molecule has 0 aliphatic heterocycles. The molecule has 0 spiro atoms. The van der Waals surface area contributed by atoms with Gasteiger partial charge in [-0.15, -0.1) is 0 Å². The van der Waals surface area contributed by atoms with Crippen molar-refractivity contribution >= 4 is 66.8 Å². The van der Waals surface area contributed by atoms with Crippen LogP contribution in [0.1, 0.15) is 59.1 Å². The number of sulfonamides is 1. The van der Waals surface area contributed by atoms with Crippen LogP contribution >= 0.6 is 23.2 Å². The lowest BCUT2D eigenvalue weighted by molar-refractivity contribution is -0.122. The maximum atomic E-state index is 16.1. The molecule has 0 bridgehead atoms. The van der Waals surface area contributed by atoms with Gasteiger partial charge in [0.15, 0.2) is 11.6 Å². The zero-order valence-electron chi connectivity index (χ0n) is 29.0. The van der Waals surface area contributed by atoms with Crippen molar-refractivity contribution < 1.29 is 43.9 Å². The molecule has 3 aromatic carbocycles. The number of aromatic nitrogens is 6. The highest BCUT2D eigenvalue weighted by molar-refractivity contribution is 7.92. The Hall–Kier alpha value is -5.21. The van der Waals surface area contributed by atoms with Crippen molar-refractivity contribution in [3.05, 3.63) is 109 Å². The lowest BCUT2D eigenvalue weighted by atomic mass is 9.89. The number of benzene rings is 3. The first-order valence-corrected chi connectivity index (χ1v) is 19.4. The van der Waals surface area contributed by atoms with Crippen LogP contribution in [0.5, 0.6) is 0 Å². The summed E-state index contributed by atoms with van der Waals surface area (Å²) in [6, 6.07) is 4.59. The van der Waals surface area contributed by atoms with Gasteiger partial charge >= 0.3 is 0 Å². The molecular weight excluding hydrogens is 832 g/mol. The predicted octanol–water partition coefficient (Wildman–Crippen LogP) is 6.76. The average molecular weight is 858 g/mol. The summed E-state index contributed by atoms with van der Waals surface area (Å²) in [5.74, 6) is -13.9. The number of hydrogen-bond donors (Lipinski definition) is 2. The minimum absolute atomic E-state index is 0.0906. The standard InChI is InChI=1S/C35H25Cl2F7N8O4S/c1-50-28-21(6-4-18(36)23(28)32(48-50)49-57(2,55)56)51-33(46-20-5-3-19(37)25(40)24(20)34(51)54)16(9-12-7-13(38)10-14(39)8-12)27(31(45)53)52-29-22(26(47-52)30(41)42)15-11-17(15)35(29,43)44/h3-8,10,15-17,27,30H,9,11H2,1-2H3,(H2,45,53)(H,48,49)/t15-,16-,17+,27?/m0/s1. The van der Waals surface area contributed by atoms with Gasteiger partial charge in [-0.2, -0.15) is 19.0 Å². The van der Waals surface area contributed by atoms with E-state index in [1.165, 1.54) is 19.2 Å². The molecule has 0 saturated heterocycles. The molecule has 2 aliphatic carbocycles. The molecule has 1 saturated carbocycles. The van der Waals surface area contributed by atoms with Crippen LogP contribution in [0.3, 0.4) is 0 Å². The molecule has 1 amide bonds. The van der Waals surface area contributed by atoms with E-state index in [2.05, 4.69) is 19.9 Å². The molecule has 298 valence electrons. The van der Waals surface area contributed by atoms with E-state index < -0.39 is 120 Å². The number of nitrogens with one attached hydrogen (secondary N) is 1. The molecule has 3 N–H and O–H groups in total. The highest BCUT2D eigenvalue weighted by Gasteiger charge is 2.67. The molecular formula is C35H25Cl2F7N8O4S. The van der Waals surface area contributed by atoms with Crippen molar-refractivity contribution in [2.45, 2.75) is 43.1 Å². The smallest absolute Gasteiger partial charge is 0.293 e. The first kappa shape index (κ1) is 38.7. The molecule has 1 fully saturated rings. The summed E-state index contributed by atoms with van der Waals surface area (Å²) in [7, 11) is -2.67. The number of carbonyl (C=O) groups is 1. The highest BCUT2D eigenvalue weighted by Crippen LogP contribution is 2.68. The van der Waals surface area contributed by atoms with Gasteiger partial charge in [-0.05, 0) is 60.7 Å². The van der Waals surface area contributed by atoms with Gasteiger partial charge in [0, 0.05) is 24.6 Å². The highest BCUT2D eigenvalue weighted by atomic mass is 35.5. The number of nitrogens with zero attached hydrogens (tertiary/aromatic N) is 6. The number of aryl methyl sites for hydroxylation is 1. The fourth-order valence-corrected chi connectivity index (χ4v) is 8.82. The molecule has 22 heteroatoms. The number of anilines is 1. The van der Waals surface area contributed by atoms with E-state index in [1.807, 2.05) is 0 Å². The zero-order valence-corrected chi connectivity index (χ0v) is 31.4. The molecule has 0 radical (unpaired) electrons. The van der Waals surface area contributed by atoms with Crippen LogP contribution in [0.15, 0.2) is 47.3 Å². The second kappa shape index (κ2) is 13.2. The van der Waals surface area contributed by atoms with Gasteiger partial charge in [0.1, 0.15) is 40.3 Å². The lowest BCUT2D eigenvalue weighted by Crippen LogP contribution is -2.39. The molecule has 2 aliphatic rings. The summed E-state index contributed by atoms with van der Waals surface area (Å²) >= 11 is 12.6. The molecule has 8 rings (SSSR count). The third-order valence-corrected chi connectivity index (χ3v) is 11.3. The summed E-state index contributed by atoms with van der Waals surface area (Å²) in [5, 5.41) is 6.59. The fraction of sp³-hybridized carbons (Fsp3) is 0.286. The lowest BCUT2D eigenvalue weighted by Gasteiger charge is -2.30. The Bertz CT molecular complexity index is 2880. The monoisotopic (exact) mass is 856 g/mol. The number of rotatable bonds is 10. The van der Waals surface area contributed by atoms with E-state index in [4.69, 9.17) is 28.9 Å². The van der Waals surface area contributed by atoms with Crippen LogP contribution in [-0.4, -0.2) is 49.7 Å². The van der Waals surface area contributed by atoms with E-state index in [1.54, 1.807) is 0 Å². The number of alkyl halides is 4.